The van der Waals surface area contributed by atoms with Crippen molar-refractivity contribution in [3.63, 3.8) is 0 Å². The molecule has 7 heteroatoms. The SMILES string of the molecule is COC(=O)c1nn(Cc2ccccc2)cc1NC(=O)CBr. The van der Waals surface area contributed by atoms with E-state index in [9.17, 15) is 9.59 Å². The first-order valence-corrected chi connectivity index (χ1v) is 7.31. The summed E-state index contributed by atoms with van der Waals surface area (Å²) in [6.45, 7) is 0.495. The number of benzene rings is 1. The molecule has 0 saturated heterocycles. The van der Waals surface area contributed by atoms with Crippen LogP contribution in [0.15, 0.2) is 36.5 Å². The number of halogens is 1. The second-order valence-electron chi connectivity index (χ2n) is 4.25. The van der Waals surface area contributed by atoms with E-state index < -0.39 is 5.97 Å². The van der Waals surface area contributed by atoms with Crippen LogP contribution in [0.4, 0.5) is 5.69 Å². The molecule has 0 spiro atoms. The smallest absolute Gasteiger partial charge is 0.360 e. The van der Waals surface area contributed by atoms with Crippen molar-refractivity contribution in [3.8, 4) is 0 Å². The van der Waals surface area contributed by atoms with Crippen molar-refractivity contribution in [1.82, 2.24) is 9.78 Å². The zero-order chi connectivity index (χ0) is 15.2. The Morgan fingerprint density at radius 2 is 2.05 bits per heavy atom. The highest BCUT2D eigenvalue weighted by Gasteiger charge is 2.19. The van der Waals surface area contributed by atoms with Gasteiger partial charge < -0.3 is 10.1 Å². The lowest BCUT2D eigenvalue weighted by Gasteiger charge is -2.01. The maximum absolute atomic E-state index is 11.7. The number of rotatable bonds is 5. The Kier molecular flexibility index (Phi) is 5.10. The van der Waals surface area contributed by atoms with Crippen LogP contribution in [0.2, 0.25) is 0 Å². The summed E-state index contributed by atoms with van der Waals surface area (Å²) < 4.78 is 6.27. The van der Waals surface area contributed by atoms with Crippen LogP contribution in [-0.4, -0.2) is 34.1 Å². The van der Waals surface area contributed by atoms with Crippen molar-refractivity contribution in [2.24, 2.45) is 0 Å². The fourth-order valence-corrected chi connectivity index (χ4v) is 1.94. The minimum absolute atomic E-state index is 0.0859. The maximum atomic E-state index is 11.7. The lowest BCUT2D eigenvalue weighted by molar-refractivity contribution is -0.113. The molecule has 1 amide bonds. The molecule has 0 radical (unpaired) electrons. The summed E-state index contributed by atoms with van der Waals surface area (Å²) >= 11 is 3.06. The molecule has 0 saturated carbocycles. The number of alkyl halides is 1. The van der Waals surface area contributed by atoms with E-state index in [-0.39, 0.29) is 16.9 Å². The molecule has 1 aromatic heterocycles. The average molecular weight is 352 g/mol. The van der Waals surface area contributed by atoms with Gasteiger partial charge in [0.1, 0.15) is 0 Å². The molecule has 2 aromatic rings. The largest absolute Gasteiger partial charge is 0.464 e. The van der Waals surface area contributed by atoms with E-state index in [4.69, 9.17) is 0 Å². The van der Waals surface area contributed by atoms with Crippen molar-refractivity contribution in [3.05, 3.63) is 47.8 Å². The Hall–Kier alpha value is -2.15. The predicted octanol–water partition coefficient (Wildman–Crippen LogP) is 2.05. The third-order valence-corrected chi connectivity index (χ3v) is 3.23. The van der Waals surface area contributed by atoms with Gasteiger partial charge in [0.2, 0.25) is 5.91 Å². The van der Waals surface area contributed by atoms with Crippen LogP contribution < -0.4 is 5.32 Å². The van der Waals surface area contributed by atoms with E-state index >= 15 is 0 Å². The minimum Gasteiger partial charge on any atom is -0.464 e. The van der Waals surface area contributed by atoms with Crippen LogP contribution in [0, 0.1) is 0 Å². The maximum Gasteiger partial charge on any atom is 0.360 e. The number of anilines is 1. The average Bonchev–Trinajstić information content (AvgIpc) is 2.89. The molecule has 21 heavy (non-hydrogen) atoms. The monoisotopic (exact) mass is 351 g/mol. The van der Waals surface area contributed by atoms with Crippen LogP contribution in [0.3, 0.4) is 0 Å². The lowest BCUT2D eigenvalue weighted by atomic mass is 10.2. The number of methoxy groups -OCH3 is 1. The number of hydrogen-bond donors (Lipinski definition) is 1. The Balaban J connectivity index is 2.27. The number of hydrogen-bond acceptors (Lipinski definition) is 4. The molecule has 110 valence electrons. The van der Waals surface area contributed by atoms with E-state index in [2.05, 4.69) is 31.1 Å². The molecular formula is C14H14BrN3O3. The van der Waals surface area contributed by atoms with E-state index in [1.54, 1.807) is 10.9 Å². The van der Waals surface area contributed by atoms with Gasteiger partial charge in [-0.05, 0) is 5.56 Å². The quantitative estimate of drug-likeness (QED) is 0.660. The van der Waals surface area contributed by atoms with Crippen LogP contribution in [-0.2, 0) is 16.1 Å². The Morgan fingerprint density at radius 1 is 1.33 bits per heavy atom. The molecule has 0 unspecified atom stereocenters. The van der Waals surface area contributed by atoms with Crippen molar-refractivity contribution in [1.29, 1.82) is 0 Å². The molecular weight excluding hydrogens is 338 g/mol. The molecule has 6 nitrogen and oxygen atoms in total. The molecule has 1 aromatic carbocycles. The lowest BCUT2D eigenvalue weighted by Crippen LogP contribution is -2.15. The van der Waals surface area contributed by atoms with Crippen LogP contribution in [0.5, 0.6) is 0 Å². The number of nitrogens with zero attached hydrogens (tertiary/aromatic N) is 2. The minimum atomic E-state index is -0.591. The van der Waals surface area contributed by atoms with Gasteiger partial charge in [0.15, 0.2) is 5.69 Å². The second-order valence-corrected chi connectivity index (χ2v) is 4.81. The van der Waals surface area contributed by atoms with Crippen LogP contribution in [0.25, 0.3) is 0 Å². The summed E-state index contributed by atoms with van der Waals surface area (Å²) in [6, 6.07) is 9.68. The molecule has 0 aliphatic rings. The first-order valence-electron chi connectivity index (χ1n) is 6.19. The predicted molar refractivity (Wildman–Crippen MR) is 81.5 cm³/mol. The summed E-state index contributed by atoms with van der Waals surface area (Å²) in [5, 5.41) is 6.92. The Morgan fingerprint density at radius 3 is 2.67 bits per heavy atom. The summed E-state index contributed by atoms with van der Waals surface area (Å²) in [5.41, 5.74) is 1.46. The fraction of sp³-hybridized carbons (Fsp3) is 0.214. The number of carbonyl (C=O) groups excluding carboxylic acids is 2. The molecule has 1 N–H and O–H groups in total. The highest BCUT2D eigenvalue weighted by molar-refractivity contribution is 9.09. The van der Waals surface area contributed by atoms with Crippen LogP contribution in [0.1, 0.15) is 16.1 Å². The van der Waals surface area contributed by atoms with Gasteiger partial charge in [-0.1, -0.05) is 46.3 Å². The Labute approximate surface area is 130 Å². The van der Waals surface area contributed by atoms with Gasteiger partial charge >= 0.3 is 5.97 Å². The fourth-order valence-electron chi connectivity index (χ4n) is 1.80. The third-order valence-electron chi connectivity index (χ3n) is 2.72. The number of esters is 1. The molecule has 0 aliphatic heterocycles. The van der Waals surface area contributed by atoms with Crippen molar-refractivity contribution < 1.29 is 14.3 Å². The van der Waals surface area contributed by atoms with Crippen molar-refractivity contribution in [2.75, 3.05) is 17.8 Å². The summed E-state index contributed by atoms with van der Waals surface area (Å²) in [4.78, 5) is 23.2. The number of aromatic nitrogens is 2. The highest BCUT2D eigenvalue weighted by atomic mass is 79.9. The summed E-state index contributed by atoms with van der Waals surface area (Å²) in [7, 11) is 1.27. The van der Waals surface area contributed by atoms with Gasteiger partial charge in [0, 0.05) is 6.20 Å². The van der Waals surface area contributed by atoms with E-state index in [0.29, 0.717) is 12.2 Å². The number of carbonyl (C=O) groups is 2. The number of amides is 1. The third kappa shape index (κ3) is 3.91. The number of nitrogens with one attached hydrogen (secondary N) is 1. The first kappa shape index (κ1) is 15.2. The van der Waals surface area contributed by atoms with Gasteiger partial charge in [-0.3, -0.25) is 9.48 Å². The standard InChI is InChI=1S/C14H14BrN3O3/c1-21-14(20)13-11(16-12(19)7-15)9-18(17-13)8-10-5-3-2-4-6-10/h2-6,9H,7-8H2,1H3,(H,16,19). The molecule has 1 heterocycles. The normalized spacial score (nSPS) is 10.2. The second kappa shape index (κ2) is 7.03. The van der Waals surface area contributed by atoms with Gasteiger partial charge in [-0.15, -0.1) is 0 Å². The van der Waals surface area contributed by atoms with E-state index in [0.717, 1.165) is 5.56 Å². The van der Waals surface area contributed by atoms with Crippen molar-refractivity contribution in [2.45, 2.75) is 6.54 Å². The zero-order valence-electron chi connectivity index (χ0n) is 11.4. The molecule has 0 atom stereocenters. The van der Waals surface area contributed by atoms with Gasteiger partial charge in [-0.25, -0.2) is 4.79 Å². The molecule has 0 aliphatic carbocycles. The molecule has 0 bridgehead atoms. The van der Waals surface area contributed by atoms with E-state index in [1.807, 2.05) is 30.3 Å². The van der Waals surface area contributed by atoms with E-state index in [1.165, 1.54) is 7.11 Å². The van der Waals surface area contributed by atoms with Crippen LogP contribution >= 0.6 is 15.9 Å². The summed E-state index contributed by atoms with van der Waals surface area (Å²) in [6.07, 6.45) is 1.61. The molecule has 0 fully saturated rings. The van der Waals surface area contributed by atoms with Gasteiger partial charge in [-0.2, -0.15) is 5.10 Å². The van der Waals surface area contributed by atoms with Crippen molar-refractivity contribution >= 4 is 33.5 Å². The Bertz CT molecular complexity index is 640. The topological polar surface area (TPSA) is 73.2 Å². The van der Waals surface area contributed by atoms with Gasteiger partial charge in [0.05, 0.1) is 24.7 Å². The summed E-state index contributed by atoms with van der Waals surface area (Å²) in [5.74, 6) is -0.855. The van der Waals surface area contributed by atoms with Gasteiger partial charge in [0.25, 0.3) is 0 Å². The zero-order valence-corrected chi connectivity index (χ0v) is 13.0. The first-order chi connectivity index (χ1) is 10.1. The number of ether oxygens (including phenoxy) is 1. The highest BCUT2D eigenvalue weighted by Crippen LogP contribution is 2.16. The molecule has 2 rings (SSSR count).